The summed E-state index contributed by atoms with van der Waals surface area (Å²) in [4.78, 5) is 12.4. The Hall–Kier alpha value is -3.32. The van der Waals surface area contributed by atoms with Crippen LogP contribution >= 0.6 is 0 Å². The van der Waals surface area contributed by atoms with Gasteiger partial charge in [0, 0.05) is 5.69 Å². The fourth-order valence-corrected chi connectivity index (χ4v) is 4.11. The van der Waals surface area contributed by atoms with Gasteiger partial charge in [-0.05, 0) is 67.4 Å². The minimum atomic E-state index is -3.72. The van der Waals surface area contributed by atoms with Crippen molar-refractivity contribution in [2.24, 2.45) is 0 Å². The fourth-order valence-electron chi connectivity index (χ4n) is 2.98. The van der Waals surface area contributed by atoms with Crippen LogP contribution < -0.4 is 14.8 Å². The van der Waals surface area contributed by atoms with E-state index in [9.17, 15) is 13.2 Å². The molecule has 2 N–H and O–H groups in total. The summed E-state index contributed by atoms with van der Waals surface area (Å²) >= 11 is 0. The maximum absolute atomic E-state index is 12.7. The second-order valence-corrected chi connectivity index (χ2v) is 8.70. The van der Waals surface area contributed by atoms with Crippen LogP contribution in [0.25, 0.3) is 0 Å². The molecule has 0 saturated heterocycles. The first kappa shape index (κ1) is 21.4. The summed E-state index contributed by atoms with van der Waals surface area (Å²) in [5.41, 5.74) is 3.83. The Balaban J connectivity index is 1.65. The van der Waals surface area contributed by atoms with Crippen LogP contribution in [0.4, 0.5) is 11.4 Å². The molecule has 3 rings (SSSR count). The summed E-state index contributed by atoms with van der Waals surface area (Å²) in [6, 6.07) is 18.8. The molecular formula is C23H24N2O4S. The van der Waals surface area contributed by atoms with Crippen molar-refractivity contribution in [1.29, 1.82) is 0 Å². The molecule has 3 aromatic rings. The van der Waals surface area contributed by atoms with Crippen molar-refractivity contribution in [1.82, 2.24) is 0 Å². The third-order valence-electron chi connectivity index (χ3n) is 4.60. The van der Waals surface area contributed by atoms with Crippen LogP contribution in [0.3, 0.4) is 0 Å². The summed E-state index contributed by atoms with van der Waals surface area (Å²) in [5, 5.41) is 2.78. The van der Waals surface area contributed by atoms with E-state index in [1.165, 1.54) is 12.1 Å². The van der Waals surface area contributed by atoms with Gasteiger partial charge in [0.2, 0.25) is 5.91 Å². The van der Waals surface area contributed by atoms with Crippen LogP contribution in [-0.4, -0.2) is 21.4 Å². The van der Waals surface area contributed by atoms with Crippen LogP contribution in [0.2, 0.25) is 0 Å². The predicted molar refractivity (Wildman–Crippen MR) is 118 cm³/mol. The summed E-state index contributed by atoms with van der Waals surface area (Å²) in [6.07, 6.45) is 0.207. The van der Waals surface area contributed by atoms with E-state index in [0.29, 0.717) is 11.4 Å². The Morgan fingerprint density at radius 1 is 0.933 bits per heavy atom. The molecule has 0 heterocycles. The number of methoxy groups -OCH3 is 1. The lowest BCUT2D eigenvalue weighted by atomic mass is 10.1. The number of carbonyl (C=O) groups is 1. The number of hydrogen-bond acceptors (Lipinski definition) is 4. The van der Waals surface area contributed by atoms with Gasteiger partial charge in [-0.3, -0.25) is 9.52 Å². The van der Waals surface area contributed by atoms with Gasteiger partial charge in [0.25, 0.3) is 10.0 Å². The number of ether oxygens (including phenoxy) is 1. The van der Waals surface area contributed by atoms with Gasteiger partial charge in [0.1, 0.15) is 5.75 Å². The molecule has 0 aliphatic carbocycles. The molecule has 0 saturated carbocycles. The maximum atomic E-state index is 12.7. The zero-order valence-electron chi connectivity index (χ0n) is 17.1. The lowest BCUT2D eigenvalue weighted by Gasteiger charge is -2.12. The fraction of sp³-hybridized carbons (Fsp3) is 0.174. The topological polar surface area (TPSA) is 84.5 Å². The highest BCUT2D eigenvalue weighted by Crippen LogP contribution is 2.22. The number of aryl methyl sites for hydroxylation is 2. The van der Waals surface area contributed by atoms with Gasteiger partial charge < -0.3 is 10.1 Å². The summed E-state index contributed by atoms with van der Waals surface area (Å²) in [6.45, 7) is 3.80. The molecule has 0 spiro atoms. The molecule has 7 heteroatoms. The first-order chi connectivity index (χ1) is 14.3. The normalized spacial score (nSPS) is 11.0. The molecule has 0 aliphatic rings. The van der Waals surface area contributed by atoms with Crippen molar-refractivity contribution >= 4 is 27.3 Å². The van der Waals surface area contributed by atoms with E-state index in [4.69, 9.17) is 4.74 Å². The first-order valence-corrected chi connectivity index (χ1v) is 10.9. The number of nitrogens with one attached hydrogen (secondary N) is 2. The largest absolute Gasteiger partial charge is 0.497 e. The van der Waals surface area contributed by atoms with Crippen molar-refractivity contribution in [3.05, 3.63) is 83.4 Å². The number of carbonyl (C=O) groups excluding carboxylic acids is 1. The third kappa shape index (κ3) is 5.39. The molecular weight excluding hydrogens is 400 g/mol. The standard InChI is InChI=1S/C23H24N2O4S/c1-16-4-13-22(17(2)14-16)25-30(27,28)21-11-7-19(8-12-21)24-23(26)15-18-5-9-20(29-3)10-6-18/h4-14,25H,15H2,1-3H3,(H,24,26). The van der Waals surface area contributed by atoms with E-state index >= 15 is 0 Å². The van der Waals surface area contributed by atoms with Crippen LogP contribution in [0.5, 0.6) is 5.75 Å². The molecule has 0 aliphatic heterocycles. The Morgan fingerprint density at radius 3 is 2.20 bits per heavy atom. The summed E-state index contributed by atoms with van der Waals surface area (Å²) in [5.74, 6) is 0.537. The van der Waals surface area contributed by atoms with Crippen LogP contribution in [0, 0.1) is 13.8 Å². The molecule has 1 amide bonds. The van der Waals surface area contributed by atoms with Crippen LogP contribution in [-0.2, 0) is 21.2 Å². The van der Waals surface area contributed by atoms with Gasteiger partial charge in [0.05, 0.1) is 24.1 Å². The average molecular weight is 425 g/mol. The second kappa shape index (κ2) is 9.00. The van der Waals surface area contributed by atoms with Gasteiger partial charge >= 0.3 is 0 Å². The zero-order valence-corrected chi connectivity index (χ0v) is 17.9. The zero-order chi connectivity index (χ0) is 21.7. The second-order valence-electron chi connectivity index (χ2n) is 7.02. The maximum Gasteiger partial charge on any atom is 0.261 e. The highest BCUT2D eigenvalue weighted by molar-refractivity contribution is 7.92. The number of amides is 1. The van der Waals surface area contributed by atoms with Crippen LogP contribution in [0.15, 0.2) is 71.6 Å². The van der Waals surface area contributed by atoms with E-state index < -0.39 is 10.0 Å². The molecule has 30 heavy (non-hydrogen) atoms. The average Bonchev–Trinajstić information content (AvgIpc) is 2.71. The smallest absolute Gasteiger partial charge is 0.261 e. The Morgan fingerprint density at radius 2 is 1.60 bits per heavy atom. The summed E-state index contributed by atoms with van der Waals surface area (Å²) < 4.78 is 33.0. The first-order valence-electron chi connectivity index (χ1n) is 9.40. The number of anilines is 2. The Kier molecular flexibility index (Phi) is 6.42. The van der Waals surface area contributed by atoms with Crippen molar-refractivity contribution in [3.63, 3.8) is 0 Å². The summed E-state index contributed by atoms with van der Waals surface area (Å²) in [7, 11) is -2.14. The molecule has 0 fully saturated rings. The van der Waals surface area contributed by atoms with E-state index in [1.54, 1.807) is 37.4 Å². The molecule has 0 atom stereocenters. The third-order valence-corrected chi connectivity index (χ3v) is 5.98. The SMILES string of the molecule is COc1ccc(CC(=O)Nc2ccc(S(=O)(=O)Nc3ccc(C)cc3C)cc2)cc1. The molecule has 0 aromatic heterocycles. The number of benzene rings is 3. The van der Waals surface area contributed by atoms with Crippen LogP contribution in [0.1, 0.15) is 16.7 Å². The van der Waals surface area contributed by atoms with Crippen molar-refractivity contribution < 1.29 is 17.9 Å². The van der Waals surface area contributed by atoms with E-state index in [2.05, 4.69) is 10.0 Å². The minimum absolute atomic E-state index is 0.121. The highest BCUT2D eigenvalue weighted by Gasteiger charge is 2.15. The van der Waals surface area contributed by atoms with E-state index in [1.807, 2.05) is 38.1 Å². The number of rotatable bonds is 7. The molecule has 3 aromatic carbocycles. The van der Waals surface area contributed by atoms with E-state index in [0.717, 1.165) is 22.4 Å². The highest BCUT2D eigenvalue weighted by atomic mass is 32.2. The molecule has 0 radical (unpaired) electrons. The minimum Gasteiger partial charge on any atom is -0.497 e. The molecule has 0 unspecified atom stereocenters. The molecule has 0 bridgehead atoms. The quantitative estimate of drug-likeness (QED) is 0.592. The lowest BCUT2D eigenvalue weighted by molar-refractivity contribution is -0.115. The van der Waals surface area contributed by atoms with Crippen molar-refractivity contribution in [2.75, 3.05) is 17.1 Å². The monoisotopic (exact) mass is 424 g/mol. The molecule has 6 nitrogen and oxygen atoms in total. The Bertz CT molecular complexity index is 1140. The number of sulfonamides is 1. The van der Waals surface area contributed by atoms with Gasteiger partial charge in [0.15, 0.2) is 0 Å². The lowest BCUT2D eigenvalue weighted by Crippen LogP contribution is -2.15. The van der Waals surface area contributed by atoms with Gasteiger partial charge in [-0.2, -0.15) is 0 Å². The van der Waals surface area contributed by atoms with Gasteiger partial charge in [-0.1, -0.05) is 29.8 Å². The van der Waals surface area contributed by atoms with Crippen molar-refractivity contribution in [3.8, 4) is 5.75 Å². The Labute approximate surface area is 177 Å². The number of hydrogen-bond donors (Lipinski definition) is 2. The van der Waals surface area contributed by atoms with Gasteiger partial charge in [-0.25, -0.2) is 8.42 Å². The van der Waals surface area contributed by atoms with E-state index in [-0.39, 0.29) is 17.2 Å². The predicted octanol–water partition coefficient (Wildman–Crippen LogP) is 4.29. The van der Waals surface area contributed by atoms with Gasteiger partial charge in [-0.15, -0.1) is 0 Å². The molecule has 156 valence electrons. The van der Waals surface area contributed by atoms with Crippen molar-refractivity contribution in [2.45, 2.75) is 25.2 Å².